The molecule has 172 valence electrons. The Bertz CT molecular complexity index is 1170. The number of fused-ring (bicyclic) bond motifs is 1. The highest BCUT2D eigenvalue weighted by molar-refractivity contribution is 7.16. The molecule has 3 aromatic rings. The second-order valence-electron chi connectivity index (χ2n) is 9.46. The molecule has 1 N–H and O–H groups in total. The van der Waals surface area contributed by atoms with Crippen LogP contribution < -0.4 is 5.32 Å². The van der Waals surface area contributed by atoms with Crippen LogP contribution in [-0.4, -0.2) is 22.7 Å². The molecule has 1 fully saturated rings. The number of rotatable bonds is 5. The van der Waals surface area contributed by atoms with E-state index in [2.05, 4.69) is 54.1 Å². The molecule has 0 saturated heterocycles. The van der Waals surface area contributed by atoms with Gasteiger partial charge in [0.05, 0.1) is 5.56 Å². The Morgan fingerprint density at radius 3 is 2.61 bits per heavy atom. The van der Waals surface area contributed by atoms with E-state index < -0.39 is 0 Å². The number of hydrogen-bond acceptors (Lipinski definition) is 3. The summed E-state index contributed by atoms with van der Waals surface area (Å²) < 4.78 is 2.26. The van der Waals surface area contributed by atoms with Gasteiger partial charge >= 0.3 is 0 Å². The largest absolute Gasteiger partial charge is 0.349 e. The van der Waals surface area contributed by atoms with E-state index in [-0.39, 0.29) is 5.91 Å². The number of benzene rings is 1. The van der Waals surface area contributed by atoms with Crippen molar-refractivity contribution in [2.75, 3.05) is 0 Å². The van der Waals surface area contributed by atoms with Crippen LogP contribution in [0.15, 0.2) is 41.4 Å². The fourth-order valence-electron chi connectivity index (χ4n) is 5.40. The van der Waals surface area contributed by atoms with Gasteiger partial charge in [-0.3, -0.25) is 4.79 Å². The zero-order chi connectivity index (χ0) is 22.8. The lowest BCUT2D eigenvalue weighted by Crippen LogP contribution is -2.36. The Balaban J connectivity index is 1.46. The predicted octanol–water partition coefficient (Wildman–Crippen LogP) is 6.85. The molecule has 0 bridgehead atoms. The number of thiophene rings is 1. The van der Waals surface area contributed by atoms with Gasteiger partial charge in [0.2, 0.25) is 0 Å². The summed E-state index contributed by atoms with van der Waals surface area (Å²) in [5.74, 6) is 0.0863. The van der Waals surface area contributed by atoms with E-state index in [1.165, 1.54) is 41.8 Å². The standard InChI is InChI=1S/C28H33N3OS/c1-19-17-21(20(2)31(19)23-13-7-4-8-14-23)18-29-28-26(24-15-9-10-16-25(24)33-28)27(32)30-22-11-5-3-6-12-22/h4,7-8,13-14,17-18,22H,3,5-6,9-12,15-16H2,1-2H3,(H,30,32)/b29-18+. The minimum absolute atomic E-state index is 0.0863. The molecule has 0 unspecified atom stereocenters. The van der Waals surface area contributed by atoms with E-state index in [0.717, 1.165) is 59.6 Å². The fourth-order valence-corrected chi connectivity index (χ4v) is 6.63. The number of aryl methyl sites for hydroxylation is 2. The van der Waals surface area contributed by atoms with Crippen molar-refractivity contribution in [3.05, 3.63) is 69.4 Å². The summed E-state index contributed by atoms with van der Waals surface area (Å²) in [5, 5.41) is 4.22. The van der Waals surface area contributed by atoms with Crippen LogP contribution in [0.3, 0.4) is 0 Å². The first-order valence-electron chi connectivity index (χ1n) is 12.4. The van der Waals surface area contributed by atoms with Gasteiger partial charge in [0, 0.05) is 39.8 Å². The lowest BCUT2D eigenvalue weighted by Gasteiger charge is -2.23. The average molecular weight is 460 g/mol. The molecule has 33 heavy (non-hydrogen) atoms. The van der Waals surface area contributed by atoms with Gasteiger partial charge in [-0.2, -0.15) is 0 Å². The van der Waals surface area contributed by atoms with Gasteiger partial charge in [-0.05, 0) is 76.1 Å². The molecule has 5 rings (SSSR count). The fraction of sp³-hybridized carbons (Fsp3) is 0.429. The van der Waals surface area contributed by atoms with Crippen LogP contribution in [0.1, 0.15) is 82.7 Å². The highest BCUT2D eigenvalue weighted by Gasteiger charge is 2.27. The van der Waals surface area contributed by atoms with Crippen molar-refractivity contribution in [2.24, 2.45) is 4.99 Å². The molecule has 0 aliphatic heterocycles. The average Bonchev–Trinajstić information content (AvgIpc) is 3.35. The predicted molar refractivity (Wildman–Crippen MR) is 138 cm³/mol. The Labute approximate surface area is 200 Å². The molecular weight excluding hydrogens is 426 g/mol. The van der Waals surface area contributed by atoms with E-state index in [0.29, 0.717) is 6.04 Å². The smallest absolute Gasteiger partial charge is 0.254 e. The van der Waals surface area contributed by atoms with E-state index in [1.807, 2.05) is 12.3 Å². The SMILES string of the molecule is Cc1cc(/C=N/c2sc3c(c2C(=O)NC2CCCCC2)CCCC3)c(C)n1-c1ccccc1. The molecule has 2 aliphatic carbocycles. The maximum Gasteiger partial charge on any atom is 0.254 e. The van der Waals surface area contributed by atoms with Crippen LogP contribution in [0.2, 0.25) is 0 Å². The minimum Gasteiger partial charge on any atom is -0.349 e. The van der Waals surface area contributed by atoms with Crippen LogP contribution in [0, 0.1) is 13.8 Å². The van der Waals surface area contributed by atoms with Gasteiger partial charge in [0.1, 0.15) is 5.00 Å². The zero-order valence-corrected chi connectivity index (χ0v) is 20.5. The second-order valence-corrected chi connectivity index (χ2v) is 10.5. The molecule has 2 aromatic heterocycles. The molecule has 0 radical (unpaired) electrons. The molecule has 1 saturated carbocycles. The number of aromatic nitrogens is 1. The highest BCUT2D eigenvalue weighted by Crippen LogP contribution is 2.40. The Hall–Kier alpha value is -2.66. The maximum atomic E-state index is 13.4. The molecule has 4 nitrogen and oxygen atoms in total. The van der Waals surface area contributed by atoms with E-state index in [4.69, 9.17) is 4.99 Å². The number of hydrogen-bond donors (Lipinski definition) is 1. The number of nitrogens with zero attached hydrogens (tertiary/aromatic N) is 2. The summed E-state index contributed by atoms with van der Waals surface area (Å²) in [6.07, 6.45) is 12.3. The van der Waals surface area contributed by atoms with Gasteiger partial charge in [-0.25, -0.2) is 4.99 Å². The van der Waals surface area contributed by atoms with Gasteiger partial charge in [-0.1, -0.05) is 37.5 Å². The number of amides is 1. The number of para-hydroxylation sites is 1. The molecular formula is C28H33N3OS. The molecule has 5 heteroatoms. The summed E-state index contributed by atoms with van der Waals surface area (Å²) in [6, 6.07) is 12.9. The summed E-state index contributed by atoms with van der Waals surface area (Å²) in [7, 11) is 0. The van der Waals surface area contributed by atoms with Crippen LogP contribution in [-0.2, 0) is 12.8 Å². The first-order chi connectivity index (χ1) is 16.1. The lowest BCUT2D eigenvalue weighted by atomic mass is 9.93. The quantitative estimate of drug-likeness (QED) is 0.417. The molecule has 0 atom stereocenters. The summed E-state index contributed by atoms with van der Waals surface area (Å²) >= 11 is 1.72. The third-order valence-electron chi connectivity index (χ3n) is 7.13. The van der Waals surface area contributed by atoms with Crippen LogP contribution >= 0.6 is 11.3 Å². The van der Waals surface area contributed by atoms with E-state index >= 15 is 0 Å². The third-order valence-corrected chi connectivity index (χ3v) is 8.33. The van der Waals surface area contributed by atoms with Gasteiger partial charge in [0.15, 0.2) is 0 Å². The van der Waals surface area contributed by atoms with Gasteiger partial charge in [-0.15, -0.1) is 11.3 Å². The van der Waals surface area contributed by atoms with Crippen molar-refractivity contribution in [3.8, 4) is 5.69 Å². The number of carbonyl (C=O) groups excluding carboxylic acids is 1. The Kier molecular flexibility index (Phi) is 6.50. The highest BCUT2D eigenvalue weighted by atomic mass is 32.1. The summed E-state index contributed by atoms with van der Waals surface area (Å²) in [5.41, 5.74) is 6.69. The monoisotopic (exact) mass is 459 g/mol. The first-order valence-corrected chi connectivity index (χ1v) is 13.2. The van der Waals surface area contributed by atoms with Crippen LogP contribution in [0.4, 0.5) is 5.00 Å². The molecule has 0 spiro atoms. The third kappa shape index (κ3) is 4.56. The van der Waals surface area contributed by atoms with Crippen LogP contribution in [0.5, 0.6) is 0 Å². The van der Waals surface area contributed by atoms with Gasteiger partial charge in [0.25, 0.3) is 5.91 Å². The maximum absolute atomic E-state index is 13.4. The molecule has 1 aromatic carbocycles. The zero-order valence-electron chi connectivity index (χ0n) is 19.7. The lowest BCUT2D eigenvalue weighted by molar-refractivity contribution is 0.0927. The van der Waals surface area contributed by atoms with E-state index in [1.54, 1.807) is 11.3 Å². The Morgan fingerprint density at radius 1 is 1.06 bits per heavy atom. The van der Waals surface area contributed by atoms with Crippen molar-refractivity contribution in [1.29, 1.82) is 0 Å². The first kappa shape index (κ1) is 22.1. The molecule has 1 amide bonds. The van der Waals surface area contributed by atoms with Crippen molar-refractivity contribution >= 4 is 28.5 Å². The van der Waals surface area contributed by atoms with Crippen molar-refractivity contribution in [2.45, 2.75) is 77.7 Å². The number of carbonyl (C=O) groups is 1. The van der Waals surface area contributed by atoms with E-state index in [9.17, 15) is 4.79 Å². The number of aliphatic imine (C=N–C) groups is 1. The van der Waals surface area contributed by atoms with Gasteiger partial charge < -0.3 is 9.88 Å². The Morgan fingerprint density at radius 2 is 1.82 bits per heavy atom. The van der Waals surface area contributed by atoms with Crippen molar-refractivity contribution in [3.63, 3.8) is 0 Å². The number of nitrogens with one attached hydrogen (secondary N) is 1. The van der Waals surface area contributed by atoms with Crippen molar-refractivity contribution < 1.29 is 4.79 Å². The summed E-state index contributed by atoms with van der Waals surface area (Å²) in [6.45, 7) is 4.27. The van der Waals surface area contributed by atoms with Crippen molar-refractivity contribution in [1.82, 2.24) is 9.88 Å². The van der Waals surface area contributed by atoms with Crippen LogP contribution in [0.25, 0.3) is 5.69 Å². The second kappa shape index (κ2) is 9.68. The minimum atomic E-state index is 0.0863. The summed E-state index contributed by atoms with van der Waals surface area (Å²) in [4.78, 5) is 19.7. The molecule has 2 heterocycles. The normalized spacial score (nSPS) is 16.8. The topological polar surface area (TPSA) is 46.4 Å². The molecule has 2 aliphatic rings.